The molecule has 0 aliphatic carbocycles. The largest absolute Gasteiger partial charge is 0.388 e. The number of amides is 2. The number of hydrogen-bond acceptors (Lipinski definition) is 4. The van der Waals surface area contributed by atoms with E-state index < -0.39 is 5.60 Å². The summed E-state index contributed by atoms with van der Waals surface area (Å²) >= 11 is 1.48. The molecule has 0 spiro atoms. The summed E-state index contributed by atoms with van der Waals surface area (Å²) in [6.07, 6.45) is 0.914. The van der Waals surface area contributed by atoms with Gasteiger partial charge in [0, 0.05) is 18.3 Å². The molecule has 2 heterocycles. The maximum absolute atomic E-state index is 12.9. The lowest BCUT2D eigenvalue weighted by Gasteiger charge is -2.23. The van der Waals surface area contributed by atoms with Crippen molar-refractivity contribution in [1.82, 2.24) is 15.2 Å². The number of β-amino-alcohol motifs (C(OH)–C–C–N with tert-alkyl or cyclic N) is 1. The lowest BCUT2D eigenvalue weighted by Crippen LogP contribution is -2.42. The Kier molecular flexibility index (Phi) is 4.58. The van der Waals surface area contributed by atoms with Crippen LogP contribution in [-0.4, -0.2) is 39.7 Å². The molecule has 1 aromatic carbocycles. The second-order valence-electron chi connectivity index (χ2n) is 5.84. The molecule has 1 aliphatic heterocycles. The second-order valence-corrected chi connectivity index (χ2v) is 6.56. The summed E-state index contributed by atoms with van der Waals surface area (Å²) in [6, 6.07) is 5.89. The summed E-state index contributed by atoms with van der Waals surface area (Å²) in [7, 11) is 0. The molecule has 122 valence electrons. The number of benzene rings is 1. The van der Waals surface area contributed by atoms with Gasteiger partial charge in [-0.2, -0.15) is 0 Å². The summed E-state index contributed by atoms with van der Waals surface area (Å²) in [4.78, 5) is 17.9. The van der Waals surface area contributed by atoms with E-state index in [0.717, 1.165) is 11.3 Å². The SMILES string of the molecule is O=C(NCc1cscn1)N1CCC(O)(Cc2ccc(F)cc2)C1. The van der Waals surface area contributed by atoms with E-state index in [1.54, 1.807) is 22.5 Å². The molecule has 23 heavy (non-hydrogen) atoms. The minimum atomic E-state index is -0.962. The van der Waals surface area contributed by atoms with Crippen LogP contribution in [0.1, 0.15) is 17.7 Å². The Morgan fingerprint density at radius 1 is 1.43 bits per heavy atom. The third kappa shape index (κ3) is 4.05. The highest BCUT2D eigenvalue weighted by Gasteiger charge is 2.38. The Morgan fingerprint density at radius 2 is 2.22 bits per heavy atom. The molecule has 3 rings (SSSR count). The van der Waals surface area contributed by atoms with Crippen molar-refractivity contribution in [2.75, 3.05) is 13.1 Å². The van der Waals surface area contributed by atoms with Crippen molar-refractivity contribution < 1.29 is 14.3 Å². The van der Waals surface area contributed by atoms with E-state index in [0.29, 0.717) is 25.9 Å². The van der Waals surface area contributed by atoms with Crippen LogP contribution in [0.4, 0.5) is 9.18 Å². The van der Waals surface area contributed by atoms with Crippen LogP contribution < -0.4 is 5.32 Å². The van der Waals surface area contributed by atoms with Crippen LogP contribution in [0.2, 0.25) is 0 Å². The zero-order chi connectivity index (χ0) is 16.3. The average Bonchev–Trinajstić information content (AvgIpc) is 3.17. The number of urea groups is 1. The molecule has 1 saturated heterocycles. The van der Waals surface area contributed by atoms with E-state index in [9.17, 15) is 14.3 Å². The fourth-order valence-corrected chi connectivity index (χ4v) is 3.32. The predicted molar refractivity (Wildman–Crippen MR) is 85.6 cm³/mol. The van der Waals surface area contributed by atoms with Crippen LogP contribution in [-0.2, 0) is 13.0 Å². The summed E-state index contributed by atoms with van der Waals surface area (Å²) in [5.74, 6) is -0.296. The average molecular weight is 335 g/mol. The van der Waals surface area contributed by atoms with Crippen molar-refractivity contribution in [3.05, 3.63) is 52.2 Å². The van der Waals surface area contributed by atoms with Crippen molar-refractivity contribution in [2.45, 2.75) is 25.0 Å². The van der Waals surface area contributed by atoms with Gasteiger partial charge in [-0.3, -0.25) is 0 Å². The maximum atomic E-state index is 12.9. The molecule has 2 N–H and O–H groups in total. The number of halogens is 1. The molecule has 7 heteroatoms. The number of nitrogens with one attached hydrogen (secondary N) is 1. The molecule has 2 amide bonds. The molecule has 1 fully saturated rings. The molecule has 1 aromatic heterocycles. The lowest BCUT2D eigenvalue weighted by atomic mass is 9.94. The van der Waals surface area contributed by atoms with Gasteiger partial charge in [-0.15, -0.1) is 11.3 Å². The molecular weight excluding hydrogens is 317 g/mol. The fourth-order valence-electron chi connectivity index (χ4n) is 2.76. The van der Waals surface area contributed by atoms with Crippen molar-refractivity contribution in [2.24, 2.45) is 0 Å². The van der Waals surface area contributed by atoms with Crippen LogP contribution in [0.15, 0.2) is 35.2 Å². The third-order valence-corrected chi connectivity index (χ3v) is 4.61. The predicted octanol–water partition coefficient (Wildman–Crippen LogP) is 2.17. The first-order valence-corrected chi connectivity index (χ1v) is 8.35. The van der Waals surface area contributed by atoms with Gasteiger partial charge in [0.2, 0.25) is 0 Å². The number of nitrogens with zero attached hydrogens (tertiary/aromatic N) is 2. The number of aromatic nitrogens is 1. The zero-order valence-corrected chi connectivity index (χ0v) is 13.4. The fraction of sp³-hybridized carbons (Fsp3) is 0.375. The van der Waals surface area contributed by atoms with E-state index in [1.807, 2.05) is 5.38 Å². The van der Waals surface area contributed by atoms with Gasteiger partial charge in [0.1, 0.15) is 5.82 Å². The Morgan fingerprint density at radius 3 is 2.91 bits per heavy atom. The van der Waals surface area contributed by atoms with Crippen LogP contribution in [0, 0.1) is 5.82 Å². The van der Waals surface area contributed by atoms with Gasteiger partial charge in [-0.1, -0.05) is 12.1 Å². The maximum Gasteiger partial charge on any atom is 0.317 e. The summed E-state index contributed by atoms with van der Waals surface area (Å²) in [5, 5.41) is 15.4. The number of thiazole rings is 1. The van der Waals surface area contributed by atoms with Crippen molar-refractivity contribution in [3.8, 4) is 0 Å². The highest BCUT2D eigenvalue weighted by molar-refractivity contribution is 7.07. The van der Waals surface area contributed by atoms with Crippen molar-refractivity contribution in [3.63, 3.8) is 0 Å². The van der Waals surface area contributed by atoms with Gasteiger partial charge in [0.05, 0.1) is 29.9 Å². The monoisotopic (exact) mass is 335 g/mol. The van der Waals surface area contributed by atoms with Gasteiger partial charge < -0.3 is 15.3 Å². The molecule has 0 bridgehead atoms. The Labute approximate surface area is 137 Å². The first-order chi connectivity index (χ1) is 11.0. The number of carbonyl (C=O) groups excluding carboxylic acids is 1. The van der Waals surface area contributed by atoms with Crippen LogP contribution in [0.25, 0.3) is 0 Å². The third-order valence-electron chi connectivity index (χ3n) is 3.97. The molecule has 1 atom stereocenters. The Hall–Kier alpha value is -1.99. The first-order valence-electron chi connectivity index (χ1n) is 7.41. The van der Waals surface area contributed by atoms with Gasteiger partial charge in [0.15, 0.2) is 0 Å². The van der Waals surface area contributed by atoms with E-state index in [1.165, 1.54) is 23.5 Å². The van der Waals surface area contributed by atoms with Crippen molar-refractivity contribution >= 4 is 17.4 Å². The minimum absolute atomic E-state index is 0.201. The number of aliphatic hydroxyl groups is 1. The van der Waals surface area contributed by atoms with Crippen LogP contribution in [0.3, 0.4) is 0 Å². The van der Waals surface area contributed by atoms with E-state index in [4.69, 9.17) is 0 Å². The first kappa shape index (κ1) is 15.9. The summed E-state index contributed by atoms with van der Waals surface area (Å²) in [6.45, 7) is 1.16. The Balaban J connectivity index is 1.54. The van der Waals surface area contributed by atoms with Gasteiger partial charge in [-0.25, -0.2) is 14.2 Å². The lowest BCUT2D eigenvalue weighted by molar-refractivity contribution is 0.0527. The van der Waals surface area contributed by atoms with E-state index in [2.05, 4.69) is 10.3 Å². The number of likely N-dealkylation sites (tertiary alicyclic amines) is 1. The van der Waals surface area contributed by atoms with Crippen molar-refractivity contribution in [1.29, 1.82) is 0 Å². The minimum Gasteiger partial charge on any atom is -0.388 e. The normalized spacial score (nSPS) is 20.7. The summed E-state index contributed by atoms with van der Waals surface area (Å²) in [5.41, 5.74) is 2.44. The topological polar surface area (TPSA) is 65.5 Å². The van der Waals surface area contributed by atoms with Gasteiger partial charge in [-0.05, 0) is 24.1 Å². The van der Waals surface area contributed by atoms with E-state index in [-0.39, 0.29) is 18.4 Å². The zero-order valence-electron chi connectivity index (χ0n) is 12.5. The molecule has 0 radical (unpaired) electrons. The standard InChI is InChI=1S/C16H18FN3O2S/c17-13-3-1-12(2-4-13)7-16(22)5-6-20(10-16)15(21)18-8-14-9-23-11-19-14/h1-4,9,11,22H,5-8,10H2,(H,18,21). The van der Waals surface area contributed by atoms with Gasteiger partial charge >= 0.3 is 6.03 Å². The summed E-state index contributed by atoms with van der Waals surface area (Å²) < 4.78 is 12.9. The van der Waals surface area contributed by atoms with Crippen LogP contribution >= 0.6 is 11.3 Å². The highest BCUT2D eigenvalue weighted by Crippen LogP contribution is 2.25. The molecule has 0 saturated carbocycles. The second kappa shape index (κ2) is 6.64. The quantitative estimate of drug-likeness (QED) is 0.900. The molecular formula is C16H18FN3O2S. The molecule has 1 aliphatic rings. The highest BCUT2D eigenvalue weighted by atomic mass is 32.1. The number of carbonyl (C=O) groups is 1. The van der Waals surface area contributed by atoms with Gasteiger partial charge in [0.25, 0.3) is 0 Å². The molecule has 5 nitrogen and oxygen atoms in total. The Bertz CT molecular complexity index is 662. The molecule has 2 aromatic rings. The molecule has 1 unspecified atom stereocenters. The number of rotatable bonds is 4. The van der Waals surface area contributed by atoms with Crippen LogP contribution in [0.5, 0.6) is 0 Å². The number of hydrogen-bond donors (Lipinski definition) is 2. The van der Waals surface area contributed by atoms with E-state index >= 15 is 0 Å². The smallest absolute Gasteiger partial charge is 0.317 e.